The first kappa shape index (κ1) is 16.4. The Labute approximate surface area is 135 Å². The van der Waals surface area contributed by atoms with Crippen LogP contribution in [0.3, 0.4) is 0 Å². The van der Waals surface area contributed by atoms with Crippen LogP contribution in [0.25, 0.3) is 0 Å². The topological polar surface area (TPSA) is 38.3 Å². The summed E-state index contributed by atoms with van der Waals surface area (Å²) in [5.74, 6) is 2.71. The zero-order valence-corrected chi connectivity index (χ0v) is 14.6. The molecule has 2 unspecified atom stereocenters. The van der Waals surface area contributed by atoms with Crippen molar-refractivity contribution in [2.75, 3.05) is 11.1 Å². The van der Waals surface area contributed by atoms with Gasteiger partial charge in [-0.2, -0.15) is 11.3 Å². The second kappa shape index (κ2) is 7.36. The molecule has 1 amide bonds. The van der Waals surface area contributed by atoms with Gasteiger partial charge in [0.1, 0.15) is 16.8 Å². The van der Waals surface area contributed by atoms with Gasteiger partial charge in [0.25, 0.3) is 5.91 Å². The van der Waals surface area contributed by atoms with Crippen molar-refractivity contribution in [2.45, 2.75) is 40.2 Å². The fourth-order valence-electron chi connectivity index (χ4n) is 2.51. The molecule has 3 nitrogen and oxygen atoms in total. The molecule has 0 saturated carbocycles. The van der Waals surface area contributed by atoms with Gasteiger partial charge >= 0.3 is 0 Å². The van der Waals surface area contributed by atoms with Gasteiger partial charge in [0.15, 0.2) is 0 Å². The average molecular weight is 325 g/mol. The highest BCUT2D eigenvalue weighted by Crippen LogP contribution is 2.34. The molecule has 116 valence electrons. The largest absolute Gasteiger partial charge is 0.493 e. The number of thiophene rings is 1. The predicted octanol–water partition coefficient (Wildman–Crippen LogP) is 4.73. The number of thioether (sulfide) groups is 1. The van der Waals surface area contributed by atoms with Gasteiger partial charge in [0.05, 0.1) is 5.69 Å². The standard InChI is InChI=1S/C16H23NO2S2/c1-10(2)7-11(3)14-9-21-15(12(4)19-14)16(18)17-13-5-6-20-8-13/h5-6,8,10-11,14H,7,9H2,1-4H3,(H,17,18). The summed E-state index contributed by atoms with van der Waals surface area (Å²) in [6.07, 6.45) is 1.35. The van der Waals surface area contributed by atoms with E-state index in [4.69, 9.17) is 4.74 Å². The minimum absolute atomic E-state index is 0.0640. The number of carbonyl (C=O) groups excluding carboxylic acids is 1. The number of rotatable bonds is 5. The van der Waals surface area contributed by atoms with Crippen LogP contribution in [0.1, 0.15) is 34.1 Å². The normalized spacial score (nSPS) is 20.3. The predicted molar refractivity (Wildman–Crippen MR) is 91.6 cm³/mol. The van der Waals surface area contributed by atoms with E-state index in [9.17, 15) is 4.79 Å². The second-order valence-corrected chi connectivity index (χ2v) is 7.74. The summed E-state index contributed by atoms with van der Waals surface area (Å²) < 4.78 is 6.00. The molecule has 0 fully saturated rings. The molecule has 2 heterocycles. The average Bonchev–Trinajstić information content (AvgIpc) is 2.90. The van der Waals surface area contributed by atoms with E-state index < -0.39 is 0 Å². The fourth-order valence-corrected chi connectivity index (χ4v) is 4.26. The number of allylic oxidation sites excluding steroid dienone is 1. The monoisotopic (exact) mass is 325 g/mol. The van der Waals surface area contributed by atoms with E-state index in [1.807, 2.05) is 23.8 Å². The molecule has 0 saturated heterocycles. The van der Waals surface area contributed by atoms with Crippen molar-refractivity contribution in [1.82, 2.24) is 0 Å². The van der Waals surface area contributed by atoms with E-state index in [1.54, 1.807) is 23.1 Å². The van der Waals surface area contributed by atoms with Gasteiger partial charge in [-0.25, -0.2) is 0 Å². The SMILES string of the molecule is CC1=C(C(=O)Nc2ccsc2)SCC(C(C)CC(C)C)O1. The quantitative estimate of drug-likeness (QED) is 0.850. The van der Waals surface area contributed by atoms with Crippen LogP contribution in [0.5, 0.6) is 0 Å². The Morgan fingerprint density at radius 3 is 2.81 bits per heavy atom. The molecule has 1 aliphatic heterocycles. The minimum Gasteiger partial charge on any atom is -0.493 e. The van der Waals surface area contributed by atoms with Gasteiger partial charge in [-0.05, 0) is 36.6 Å². The number of carbonyl (C=O) groups is 1. The van der Waals surface area contributed by atoms with E-state index in [2.05, 4.69) is 26.1 Å². The third-order valence-corrected chi connectivity index (χ3v) is 5.44. The van der Waals surface area contributed by atoms with Gasteiger partial charge in [-0.3, -0.25) is 4.79 Å². The lowest BCUT2D eigenvalue weighted by atomic mass is 9.94. The molecule has 0 aromatic carbocycles. The van der Waals surface area contributed by atoms with Gasteiger partial charge in [-0.1, -0.05) is 20.8 Å². The minimum atomic E-state index is -0.0640. The smallest absolute Gasteiger partial charge is 0.265 e. The van der Waals surface area contributed by atoms with Crippen LogP contribution in [-0.4, -0.2) is 17.8 Å². The molecule has 0 spiro atoms. The highest BCUT2D eigenvalue weighted by atomic mass is 32.2. The molecule has 1 aliphatic rings. The van der Waals surface area contributed by atoms with Crippen LogP contribution in [0.15, 0.2) is 27.5 Å². The Kier molecular flexibility index (Phi) is 5.76. The Hall–Kier alpha value is -0.940. The van der Waals surface area contributed by atoms with E-state index in [-0.39, 0.29) is 12.0 Å². The first-order valence-corrected chi connectivity index (χ1v) is 9.24. The maximum absolute atomic E-state index is 12.3. The molecule has 1 N–H and O–H groups in total. The molecular weight excluding hydrogens is 302 g/mol. The highest BCUT2D eigenvalue weighted by Gasteiger charge is 2.28. The molecule has 0 bridgehead atoms. The number of hydrogen-bond donors (Lipinski definition) is 1. The Bertz CT molecular complexity index is 508. The summed E-state index contributed by atoms with van der Waals surface area (Å²) >= 11 is 3.18. The summed E-state index contributed by atoms with van der Waals surface area (Å²) in [5, 5.41) is 6.79. The van der Waals surface area contributed by atoms with E-state index in [1.165, 1.54) is 0 Å². The van der Waals surface area contributed by atoms with Crippen molar-refractivity contribution in [3.63, 3.8) is 0 Å². The molecule has 5 heteroatoms. The first-order valence-electron chi connectivity index (χ1n) is 7.31. The van der Waals surface area contributed by atoms with Crippen molar-refractivity contribution in [2.24, 2.45) is 11.8 Å². The lowest BCUT2D eigenvalue weighted by Crippen LogP contribution is -2.30. The molecule has 0 radical (unpaired) electrons. The third kappa shape index (κ3) is 4.51. The maximum atomic E-state index is 12.3. The van der Waals surface area contributed by atoms with Gasteiger partial charge in [0.2, 0.25) is 0 Å². The fraction of sp³-hybridized carbons (Fsp3) is 0.562. The van der Waals surface area contributed by atoms with Crippen molar-refractivity contribution >= 4 is 34.7 Å². The summed E-state index contributed by atoms with van der Waals surface area (Å²) in [6, 6.07) is 1.90. The summed E-state index contributed by atoms with van der Waals surface area (Å²) in [7, 11) is 0. The maximum Gasteiger partial charge on any atom is 0.265 e. The molecule has 0 aliphatic carbocycles. The van der Waals surface area contributed by atoms with Gasteiger partial charge < -0.3 is 10.1 Å². The zero-order chi connectivity index (χ0) is 15.4. The van der Waals surface area contributed by atoms with Crippen LogP contribution >= 0.6 is 23.1 Å². The van der Waals surface area contributed by atoms with Crippen molar-refractivity contribution in [1.29, 1.82) is 0 Å². The Balaban J connectivity index is 1.97. The zero-order valence-electron chi connectivity index (χ0n) is 13.0. The van der Waals surface area contributed by atoms with Crippen molar-refractivity contribution in [3.05, 3.63) is 27.5 Å². The summed E-state index contributed by atoms with van der Waals surface area (Å²) in [6.45, 7) is 8.59. The number of anilines is 1. The number of amides is 1. The van der Waals surface area contributed by atoms with Crippen LogP contribution in [0.4, 0.5) is 5.69 Å². The van der Waals surface area contributed by atoms with Crippen LogP contribution in [0, 0.1) is 11.8 Å². The molecule has 1 aromatic rings. The first-order chi connectivity index (χ1) is 9.97. The van der Waals surface area contributed by atoms with Crippen LogP contribution in [0.2, 0.25) is 0 Å². The third-order valence-electron chi connectivity index (χ3n) is 3.50. The van der Waals surface area contributed by atoms with Crippen LogP contribution < -0.4 is 5.32 Å². The Morgan fingerprint density at radius 1 is 1.48 bits per heavy atom. The molecule has 2 rings (SSSR count). The van der Waals surface area contributed by atoms with E-state index in [0.717, 1.165) is 23.6 Å². The van der Waals surface area contributed by atoms with Crippen molar-refractivity contribution < 1.29 is 9.53 Å². The second-order valence-electron chi connectivity index (χ2n) is 5.93. The number of nitrogens with one attached hydrogen (secondary N) is 1. The number of hydrogen-bond acceptors (Lipinski definition) is 4. The van der Waals surface area contributed by atoms with Gasteiger partial charge in [-0.15, -0.1) is 11.8 Å². The Morgan fingerprint density at radius 2 is 2.24 bits per heavy atom. The molecular formula is C16H23NO2S2. The lowest BCUT2D eigenvalue weighted by molar-refractivity contribution is -0.112. The van der Waals surface area contributed by atoms with Crippen molar-refractivity contribution in [3.8, 4) is 0 Å². The highest BCUT2D eigenvalue weighted by molar-refractivity contribution is 8.04. The van der Waals surface area contributed by atoms with E-state index >= 15 is 0 Å². The summed E-state index contributed by atoms with van der Waals surface area (Å²) in [5.41, 5.74) is 0.848. The lowest BCUT2D eigenvalue weighted by Gasteiger charge is -2.31. The van der Waals surface area contributed by atoms with Gasteiger partial charge in [0, 0.05) is 11.1 Å². The van der Waals surface area contributed by atoms with E-state index in [0.29, 0.717) is 16.7 Å². The molecule has 2 atom stereocenters. The van der Waals surface area contributed by atoms with Crippen LogP contribution in [-0.2, 0) is 9.53 Å². The number of ether oxygens (including phenoxy) is 1. The summed E-state index contributed by atoms with van der Waals surface area (Å²) in [4.78, 5) is 13.0. The molecule has 21 heavy (non-hydrogen) atoms. The molecule has 1 aromatic heterocycles.